The molecular formula is C64H38N8. The van der Waals surface area contributed by atoms with Gasteiger partial charge in [-0.1, -0.05) is 164 Å². The van der Waals surface area contributed by atoms with Gasteiger partial charge in [-0.25, -0.2) is 29.9 Å². The van der Waals surface area contributed by atoms with Crippen LogP contribution in [0.3, 0.4) is 0 Å². The van der Waals surface area contributed by atoms with Gasteiger partial charge < -0.3 is 0 Å². The zero-order valence-electron chi connectivity index (χ0n) is 38.5. The van der Waals surface area contributed by atoms with Crippen molar-refractivity contribution in [2.24, 2.45) is 0 Å². The summed E-state index contributed by atoms with van der Waals surface area (Å²) in [7, 11) is 0. The molecule has 10 aromatic carbocycles. The zero-order chi connectivity index (χ0) is 47.5. The first-order chi connectivity index (χ1) is 35.6. The first-order valence-electron chi connectivity index (χ1n) is 23.9. The summed E-state index contributed by atoms with van der Waals surface area (Å²) in [5.74, 6) is 2.61. The quantitative estimate of drug-likeness (QED) is 0.146. The van der Waals surface area contributed by atoms with Gasteiger partial charge in [-0.05, 0) is 120 Å². The molecular weight excluding hydrogens is 881 g/mol. The van der Waals surface area contributed by atoms with Crippen molar-refractivity contribution in [1.82, 2.24) is 39.9 Å². The van der Waals surface area contributed by atoms with Crippen molar-refractivity contribution in [3.63, 3.8) is 0 Å². The maximum atomic E-state index is 5.39. The van der Waals surface area contributed by atoms with Crippen molar-refractivity contribution >= 4 is 64.9 Å². The first-order valence-corrected chi connectivity index (χ1v) is 23.9. The Kier molecular flexibility index (Phi) is 9.67. The van der Waals surface area contributed by atoms with Crippen LogP contribution >= 0.6 is 0 Å². The smallest absolute Gasteiger partial charge is 0.202 e. The molecule has 0 saturated carbocycles. The molecule has 0 spiro atoms. The second-order valence-corrected chi connectivity index (χ2v) is 18.0. The van der Waals surface area contributed by atoms with Gasteiger partial charge in [-0.2, -0.15) is 0 Å². The molecule has 0 aliphatic rings. The molecule has 14 aromatic rings. The van der Waals surface area contributed by atoms with Crippen LogP contribution in [0.1, 0.15) is 0 Å². The van der Waals surface area contributed by atoms with E-state index in [1.807, 2.05) is 79.1 Å². The molecule has 334 valence electrons. The van der Waals surface area contributed by atoms with E-state index in [0.717, 1.165) is 109 Å². The number of nitrogens with zero attached hydrogens (tertiary/aromatic N) is 8. The maximum Gasteiger partial charge on any atom is 0.202 e. The largest absolute Gasteiger partial charge is 0.256 e. The zero-order valence-corrected chi connectivity index (χ0v) is 38.5. The van der Waals surface area contributed by atoms with Gasteiger partial charge in [-0.15, -0.1) is 0 Å². The Bertz CT molecular complexity index is 4130. The molecule has 72 heavy (non-hydrogen) atoms. The minimum absolute atomic E-state index is 0.317. The average Bonchev–Trinajstić information content (AvgIpc) is 3.45. The van der Waals surface area contributed by atoms with Crippen molar-refractivity contribution in [2.45, 2.75) is 0 Å². The highest BCUT2D eigenvalue weighted by Crippen LogP contribution is 2.43. The Labute approximate surface area is 413 Å². The van der Waals surface area contributed by atoms with Crippen LogP contribution in [0, 0.1) is 0 Å². The molecule has 0 N–H and O–H groups in total. The van der Waals surface area contributed by atoms with Crippen molar-refractivity contribution in [3.05, 3.63) is 231 Å². The Morgan fingerprint density at radius 2 is 0.583 bits per heavy atom. The van der Waals surface area contributed by atoms with E-state index in [9.17, 15) is 0 Å². The van der Waals surface area contributed by atoms with Gasteiger partial charge >= 0.3 is 0 Å². The molecule has 14 rings (SSSR count). The van der Waals surface area contributed by atoms with Crippen LogP contribution in [0.4, 0.5) is 0 Å². The monoisotopic (exact) mass is 918 g/mol. The average molecular weight is 919 g/mol. The van der Waals surface area contributed by atoms with Gasteiger partial charge in [0.25, 0.3) is 0 Å². The highest BCUT2D eigenvalue weighted by atomic mass is 15.1. The molecule has 0 aliphatic heterocycles. The molecule has 8 heteroatoms. The van der Waals surface area contributed by atoms with Crippen molar-refractivity contribution in [1.29, 1.82) is 0 Å². The van der Waals surface area contributed by atoms with Crippen LogP contribution in [0.2, 0.25) is 0 Å². The van der Waals surface area contributed by atoms with E-state index in [0.29, 0.717) is 34.9 Å². The maximum absolute atomic E-state index is 5.39. The molecule has 0 fully saturated rings. The molecule has 0 radical (unpaired) electrons. The van der Waals surface area contributed by atoms with Gasteiger partial charge in [0.2, 0.25) is 11.6 Å². The van der Waals surface area contributed by atoms with Gasteiger partial charge in [0.1, 0.15) is 0 Å². The molecule has 0 saturated heterocycles. The fraction of sp³-hybridized carbons (Fsp3) is 0. The van der Waals surface area contributed by atoms with E-state index in [4.69, 9.17) is 39.9 Å². The summed E-state index contributed by atoms with van der Waals surface area (Å²) in [5.41, 5.74) is 9.24. The van der Waals surface area contributed by atoms with Crippen LogP contribution < -0.4 is 0 Å². The van der Waals surface area contributed by atoms with Gasteiger partial charge in [0, 0.05) is 45.4 Å². The van der Waals surface area contributed by atoms with Crippen LogP contribution in [0.5, 0.6) is 0 Å². The highest BCUT2D eigenvalue weighted by Gasteiger charge is 2.22. The van der Waals surface area contributed by atoms with E-state index in [1.165, 1.54) is 0 Å². The molecule has 8 nitrogen and oxygen atoms in total. The minimum atomic E-state index is 0.317. The number of pyridine rings is 2. The summed E-state index contributed by atoms with van der Waals surface area (Å²) < 4.78 is 0. The molecule has 0 aliphatic carbocycles. The number of fused-ring (bicyclic) bond motifs is 6. The predicted octanol–water partition coefficient (Wildman–Crippen LogP) is 15.4. The molecule has 0 atom stereocenters. The summed E-state index contributed by atoms with van der Waals surface area (Å²) in [4.78, 5) is 41.3. The third-order valence-corrected chi connectivity index (χ3v) is 13.5. The first kappa shape index (κ1) is 41.1. The summed E-state index contributed by atoms with van der Waals surface area (Å²) in [5, 5.41) is 10.9. The summed E-state index contributed by atoms with van der Waals surface area (Å²) in [6, 6.07) is 75.6. The Hall–Kier alpha value is -9.92. The number of aromatic nitrogens is 8. The fourth-order valence-corrected chi connectivity index (χ4v) is 10.2. The van der Waals surface area contributed by atoms with Gasteiger partial charge in [0.05, 0.1) is 11.0 Å². The van der Waals surface area contributed by atoms with E-state index in [1.54, 1.807) is 0 Å². The van der Waals surface area contributed by atoms with E-state index in [2.05, 4.69) is 152 Å². The van der Waals surface area contributed by atoms with Crippen molar-refractivity contribution in [3.8, 4) is 79.5 Å². The molecule has 0 unspecified atom stereocenters. The number of benzene rings is 10. The fourth-order valence-electron chi connectivity index (χ4n) is 10.2. The van der Waals surface area contributed by atoms with Crippen LogP contribution in [0.15, 0.2) is 231 Å². The lowest BCUT2D eigenvalue weighted by molar-refractivity contribution is 1.00. The topological polar surface area (TPSA) is 103 Å². The van der Waals surface area contributed by atoms with E-state index < -0.39 is 0 Å². The molecule has 0 bridgehead atoms. The predicted molar refractivity (Wildman–Crippen MR) is 292 cm³/mol. The molecule has 4 heterocycles. The minimum Gasteiger partial charge on any atom is -0.256 e. The standard InChI is InChI=1S/C64H38N8/c1-2-16-41(17-3-1)59-67-62(72-63(69-59)64-70-60(46-28-26-39-14-4-6-18-42(39)32-46)68-61(71-64)47-29-27-40-15-5-7-19-43(40)33-47)50-35-48(57-51-22-10-8-20-44(51)37-55-53(57)24-12-30-65-55)34-49(36-50)58-52-23-11-9-21-45(52)38-56-54(58)25-13-31-66-56/h1-38H. The van der Waals surface area contributed by atoms with E-state index in [-0.39, 0.29) is 0 Å². The molecule has 0 amide bonds. The molecule has 4 aromatic heterocycles. The SMILES string of the molecule is c1ccc(-c2nc(-c3cc(-c4c5ccccc5cc5ncccc45)cc(-c4c5ccccc5cc5ncccc45)c3)nc(-c3nc(-c4ccc5ccccc5c4)nc(-c4ccc5ccccc5c4)n3)n2)cc1. The number of hydrogen-bond donors (Lipinski definition) is 0. The second-order valence-electron chi connectivity index (χ2n) is 18.0. The van der Waals surface area contributed by atoms with Crippen molar-refractivity contribution in [2.75, 3.05) is 0 Å². The highest BCUT2D eigenvalue weighted by molar-refractivity contribution is 6.15. The van der Waals surface area contributed by atoms with Gasteiger partial charge in [-0.3, -0.25) is 9.97 Å². The third kappa shape index (κ3) is 7.25. The van der Waals surface area contributed by atoms with Gasteiger partial charge in [0.15, 0.2) is 23.3 Å². The second kappa shape index (κ2) is 16.9. The van der Waals surface area contributed by atoms with Crippen molar-refractivity contribution < 1.29 is 0 Å². The van der Waals surface area contributed by atoms with Crippen LogP contribution in [-0.2, 0) is 0 Å². The lowest BCUT2D eigenvalue weighted by atomic mass is 9.88. The lowest BCUT2D eigenvalue weighted by Crippen LogP contribution is -2.06. The normalized spacial score (nSPS) is 11.6. The third-order valence-electron chi connectivity index (χ3n) is 13.5. The van der Waals surface area contributed by atoms with Crippen LogP contribution in [0.25, 0.3) is 144 Å². The van der Waals surface area contributed by atoms with E-state index >= 15 is 0 Å². The number of hydrogen-bond acceptors (Lipinski definition) is 8. The number of rotatable bonds is 7. The Balaban J connectivity index is 1.06. The summed E-state index contributed by atoms with van der Waals surface area (Å²) in [6.07, 6.45) is 3.71. The summed E-state index contributed by atoms with van der Waals surface area (Å²) >= 11 is 0. The van der Waals surface area contributed by atoms with Crippen LogP contribution in [-0.4, -0.2) is 39.9 Å². The Morgan fingerprint density at radius 3 is 1.08 bits per heavy atom. The Morgan fingerprint density at radius 1 is 0.208 bits per heavy atom. The lowest BCUT2D eigenvalue weighted by Gasteiger charge is -2.17. The summed E-state index contributed by atoms with van der Waals surface area (Å²) in [6.45, 7) is 0.